The molecule has 1 amide bonds. The zero-order chi connectivity index (χ0) is 15.6. The molecule has 2 aromatic carbocycles. The third kappa shape index (κ3) is 2.37. The van der Waals surface area contributed by atoms with Gasteiger partial charge in [0, 0.05) is 0 Å². The van der Waals surface area contributed by atoms with Crippen molar-refractivity contribution >= 4 is 23.0 Å². The summed E-state index contributed by atoms with van der Waals surface area (Å²) < 4.78 is 0. The van der Waals surface area contributed by atoms with E-state index in [0.717, 1.165) is 11.1 Å². The number of amidine groups is 1. The third-order valence-electron chi connectivity index (χ3n) is 3.82. The van der Waals surface area contributed by atoms with Crippen LogP contribution in [0.1, 0.15) is 11.1 Å². The predicted molar refractivity (Wildman–Crippen MR) is 89.3 cm³/mol. The smallest absolute Gasteiger partial charge is 0.413 e. The van der Waals surface area contributed by atoms with E-state index >= 15 is 0 Å². The van der Waals surface area contributed by atoms with E-state index in [1.165, 1.54) is 16.7 Å². The maximum absolute atomic E-state index is 11.6. The number of rotatable bonds is 2. The summed E-state index contributed by atoms with van der Waals surface area (Å²) >= 11 is 1.36. The second kappa shape index (κ2) is 5.85. The van der Waals surface area contributed by atoms with Crippen LogP contribution in [0.5, 0.6) is 0 Å². The van der Waals surface area contributed by atoms with Crippen LogP contribution < -0.4 is 0 Å². The molecule has 3 rings (SSSR count). The second-order valence-corrected chi connectivity index (χ2v) is 5.83. The fraction of sp³-hybridized carbons (Fsp3) is 0.176. The van der Waals surface area contributed by atoms with Crippen molar-refractivity contribution in [2.75, 3.05) is 12.8 Å². The molecule has 2 aromatic rings. The largest absolute Gasteiger partial charge is 0.465 e. The van der Waals surface area contributed by atoms with Gasteiger partial charge in [-0.1, -0.05) is 72.4 Å². The molecule has 0 unspecified atom stereocenters. The molecular weight excluding hydrogens is 296 g/mol. The molecular formula is C17H16N2O2S. The van der Waals surface area contributed by atoms with Crippen LogP contribution in [-0.2, 0) is 5.54 Å². The van der Waals surface area contributed by atoms with Crippen LogP contribution in [0.25, 0.3) is 0 Å². The Morgan fingerprint density at radius 3 is 1.95 bits per heavy atom. The predicted octanol–water partition coefficient (Wildman–Crippen LogP) is 3.64. The van der Waals surface area contributed by atoms with Crippen LogP contribution in [0.3, 0.4) is 0 Å². The number of aliphatic imine (C=N–C) groups is 1. The standard InChI is InChI=1S/C17H16N2O2S/c1-22-15-18-17(12-19(15)16(20)21,13-8-4-2-5-9-13)14-10-6-3-7-11-14/h2-11H,12H2,1H3,(H,20,21). The van der Waals surface area contributed by atoms with Gasteiger partial charge in [0.25, 0.3) is 0 Å². The van der Waals surface area contributed by atoms with Crippen LogP contribution in [-0.4, -0.2) is 34.1 Å². The molecule has 0 fully saturated rings. The van der Waals surface area contributed by atoms with Gasteiger partial charge in [-0.05, 0) is 17.4 Å². The van der Waals surface area contributed by atoms with Crippen molar-refractivity contribution < 1.29 is 9.90 Å². The Balaban J connectivity index is 2.19. The van der Waals surface area contributed by atoms with Crippen molar-refractivity contribution in [2.45, 2.75) is 5.54 Å². The van der Waals surface area contributed by atoms with Crippen LogP contribution in [0.2, 0.25) is 0 Å². The van der Waals surface area contributed by atoms with Crippen LogP contribution in [0.15, 0.2) is 65.7 Å². The monoisotopic (exact) mass is 312 g/mol. The summed E-state index contributed by atoms with van der Waals surface area (Å²) in [4.78, 5) is 17.7. The summed E-state index contributed by atoms with van der Waals surface area (Å²) in [6, 6.07) is 19.7. The number of benzene rings is 2. The minimum atomic E-state index is -0.971. The number of amides is 1. The lowest BCUT2D eigenvalue weighted by molar-refractivity contribution is 0.169. The minimum Gasteiger partial charge on any atom is -0.465 e. The Labute approximate surface area is 133 Å². The van der Waals surface area contributed by atoms with Gasteiger partial charge < -0.3 is 5.11 Å². The molecule has 22 heavy (non-hydrogen) atoms. The topological polar surface area (TPSA) is 52.9 Å². The molecule has 0 spiro atoms. The van der Waals surface area contributed by atoms with Crippen LogP contribution in [0.4, 0.5) is 4.79 Å². The zero-order valence-electron chi connectivity index (χ0n) is 12.1. The van der Waals surface area contributed by atoms with E-state index in [9.17, 15) is 9.90 Å². The Hall–Kier alpha value is -2.27. The van der Waals surface area contributed by atoms with Crippen molar-refractivity contribution in [1.29, 1.82) is 0 Å². The summed E-state index contributed by atoms with van der Waals surface area (Å²) in [6.45, 7) is 0.298. The first-order chi connectivity index (χ1) is 10.7. The molecule has 0 bridgehead atoms. The molecule has 1 N–H and O–H groups in total. The van der Waals surface area contributed by atoms with E-state index in [-0.39, 0.29) is 0 Å². The Kier molecular flexibility index (Phi) is 3.90. The number of thioether (sulfide) groups is 1. The van der Waals surface area contributed by atoms with Crippen molar-refractivity contribution in [3.63, 3.8) is 0 Å². The van der Waals surface area contributed by atoms with E-state index in [2.05, 4.69) is 0 Å². The highest BCUT2D eigenvalue weighted by atomic mass is 32.2. The first-order valence-corrected chi connectivity index (χ1v) is 8.15. The lowest BCUT2D eigenvalue weighted by Crippen LogP contribution is -2.37. The SMILES string of the molecule is CSC1=NC(c2ccccc2)(c2ccccc2)CN1C(=O)O. The number of carbonyl (C=O) groups is 1. The van der Waals surface area contributed by atoms with E-state index in [0.29, 0.717) is 11.7 Å². The number of carboxylic acid groups (broad SMARTS) is 1. The summed E-state index contributed by atoms with van der Waals surface area (Å²) in [6.07, 6.45) is 0.878. The highest BCUT2D eigenvalue weighted by Crippen LogP contribution is 2.40. The van der Waals surface area contributed by atoms with Crippen molar-refractivity contribution in [3.05, 3.63) is 71.8 Å². The second-order valence-electron chi connectivity index (χ2n) is 5.06. The average Bonchev–Trinajstić information content (AvgIpc) is 2.98. The Morgan fingerprint density at radius 2 is 1.59 bits per heavy atom. The molecule has 112 valence electrons. The van der Waals surface area contributed by atoms with E-state index in [1.54, 1.807) is 0 Å². The van der Waals surface area contributed by atoms with Gasteiger partial charge in [0.1, 0.15) is 5.54 Å². The quantitative estimate of drug-likeness (QED) is 0.921. The van der Waals surface area contributed by atoms with Gasteiger partial charge in [-0.2, -0.15) is 0 Å². The van der Waals surface area contributed by atoms with E-state index in [1.807, 2.05) is 66.9 Å². The lowest BCUT2D eigenvalue weighted by atomic mass is 9.83. The molecule has 1 aliphatic rings. The molecule has 1 heterocycles. The molecule has 0 atom stereocenters. The maximum Gasteiger partial charge on any atom is 0.413 e. The number of nitrogens with zero attached hydrogens (tertiary/aromatic N) is 2. The third-order valence-corrected chi connectivity index (χ3v) is 4.50. The van der Waals surface area contributed by atoms with Crippen molar-refractivity contribution in [2.24, 2.45) is 4.99 Å². The fourth-order valence-corrected chi connectivity index (χ4v) is 3.38. The Morgan fingerprint density at radius 1 is 1.09 bits per heavy atom. The van der Waals surface area contributed by atoms with Crippen LogP contribution >= 0.6 is 11.8 Å². The number of hydrogen-bond donors (Lipinski definition) is 1. The van der Waals surface area contributed by atoms with Gasteiger partial charge in [-0.3, -0.25) is 4.90 Å². The minimum absolute atomic E-state index is 0.298. The summed E-state index contributed by atoms with van der Waals surface area (Å²) in [7, 11) is 0. The first kappa shape index (κ1) is 14.7. The molecule has 0 aliphatic carbocycles. The van der Waals surface area contributed by atoms with Gasteiger partial charge in [0.15, 0.2) is 5.17 Å². The number of hydrogen-bond acceptors (Lipinski definition) is 3. The zero-order valence-corrected chi connectivity index (χ0v) is 13.0. The summed E-state index contributed by atoms with van der Waals surface area (Å²) in [5, 5.41) is 10.0. The van der Waals surface area contributed by atoms with Gasteiger partial charge in [0.05, 0.1) is 6.54 Å². The molecule has 0 aromatic heterocycles. The van der Waals surface area contributed by atoms with Crippen molar-refractivity contribution in [3.8, 4) is 0 Å². The Bertz CT molecular complexity index is 662. The highest BCUT2D eigenvalue weighted by molar-refractivity contribution is 8.13. The van der Waals surface area contributed by atoms with E-state index < -0.39 is 11.6 Å². The maximum atomic E-state index is 11.6. The van der Waals surface area contributed by atoms with Gasteiger partial charge >= 0.3 is 6.09 Å². The van der Waals surface area contributed by atoms with Crippen molar-refractivity contribution in [1.82, 2.24) is 4.90 Å². The lowest BCUT2D eigenvalue weighted by Gasteiger charge is -2.27. The van der Waals surface area contributed by atoms with Gasteiger partial charge in [0.2, 0.25) is 0 Å². The molecule has 5 heteroatoms. The van der Waals surface area contributed by atoms with Gasteiger partial charge in [-0.25, -0.2) is 9.79 Å². The van der Waals surface area contributed by atoms with Crippen LogP contribution in [0, 0.1) is 0 Å². The molecule has 1 aliphatic heterocycles. The molecule has 4 nitrogen and oxygen atoms in total. The normalized spacial score (nSPS) is 16.4. The summed E-state index contributed by atoms with van der Waals surface area (Å²) in [5.41, 5.74) is 1.31. The highest BCUT2D eigenvalue weighted by Gasteiger charge is 2.44. The fourth-order valence-electron chi connectivity index (χ4n) is 2.77. The molecule has 0 saturated carbocycles. The molecule has 0 radical (unpaired) electrons. The first-order valence-electron chi connectivity index (χ1n) is 6.93. The van der Waals surface area contributed by atoms with E-state index in [4.69, 9.17) is 4.99 Å². The molecule has 0 saturated heterocycles. The summed E-state index contributed by atoms with van der Waals surface area (Å²) in [5.74, 6) is 0. The van der Waals surface area contributed by atoms with Gasteiger partial charge in [-0.15, -0.1) is 0 Å². The average molecular weight is 312 g/mol.